The Kier molecular flexibility index (Phi) is 10.6. The van der Waals surface area contributed by atoms with Gasteiger partial charge in [-0.3, -0.25) is 9.59 Å². The number of hydrogen-bond donors (Lipinski definition) is 0. The molecule has 0 radical (unpaired) electrons. The molecule has 9 nitrogen and oxygen atoms in total. The number of ether oxygens (including phenoxy) is 1. The first-order valence-electron chi connectivity index (χ1n) is 14.0. The average Bonchev–Trinajstić information content (AvgIpc) is 3.26. The number of rotatable bonds is 7. The number of hydrazone groups is 1. The third kappa shape index (κ3) is 6.46. The molecule has 12 heteroatoms. The Hall–Kier alpha value is -3.06. The van der Waals surface area contributed by atoms with Crippen molar-refractivity contribution < 1.29 is 19.4 Å². The minimum Gasteiger partial charge on any atom is -0.860 e. The molecule has 4 rings (SSSR count). The van der Waals surface area contributed by atoms with Crippen LogP contribution in [0.25, 0.3) is 6.08 Å². The highest BCUT2D eigenvalue weighted by molar-refractivity contribution is 6.51. The highest BCUT2D eigenvalue weighted by Gasteiger charge is 2.46. The van der Waals surface area contributed by atoms with Gasteiger partial charge in [-0.1, -0.05) is 43.6 Å². The van der Waals surface area contributed by atoms with E-state index in [-0.39, 0.29) is 40.4 Å². The number of carbonyl (C=O) groups excluding carboxylic acids is 2. The summed E-state index contributed by atoms with van der Waals surface area (Å²) >= 11 is 19.3. The van der Waals surface area contributed by atoms with E-state index in [1.807, 2.05) is 6.07 Å². The van der Waals surface area contributed by atoms with E-state index in [1.54, 1.807) is 26.0 Å². The summed E-state index contributed by atoms with van der Waals surface area (Å²) in [7, 11) is 0. The first-order valence-corrected chi connectivity index (χ1v) is 15.3. The Balaban J connectivity index is 1.62. The van der Waals surface area contributed by atoms with Gasteiger partial charge in [0.1, 0.15) is 11.6 Å². The molecule has 0 spiro atoms. The number of esters is 1. The van der Waals surface area contributed by atoms with Crippen LogP contribution >= 0.6 is 34.8 Å². The van der Waals surface area contributed by atoms with Crippen LogP contribution in [-0.4, -0.2) is 55.9 Å². The lowest BCUT2D eigenvalue weighted by molar-refractivity contribution is -0.281. The quantitative estimate of drug-likeness (QED) is 0.183. The lowest BCUT2D eigenvalue weighted by atomic mass is 9.93. The predicted octanol–water partition coefficient (Wildman–Crippen LogP) is 4.85. The van der Waals surface area contributed by atoms with Crippen LogP contribution in [0.15, 0.2) is 39.8 Å². The van der Waals surface area contributed by atoms with Gasteiger partial charge < -0.3 is 14.4 Å². The zero-order valence-electron chi connectivity index (χ0n) is 23.4. The number of nitrogens with zero attached hydrogens (tertiary/aromatic N) is 4. The second-order valence-electron chi connectivity index (χ2n) is 10.5. The molecule has 2 heterocycles. The molecule has 1 aromatic heterocycles. The van der Waals surface area contributed by atoms with E-state index in [1.165, 1.54) is 22.8 Å². The largest absolute Gasteiger partial charge is 0.860 e. The molecule has 0 N–H and O–H groups in total. The van der Waals surface area contributed by atoms with Gasteiger partial charge in [0.25, 0.3) is 11.5 Å². The fraction of sp³-hybridized carbons (Fsp3) is 0.500. The molecular formula is C30H32Cl3N4O5-. The molecule has 2 unspecified atom stereocenters. The highest BCUT2D eigenvalue weighted by Crippen LogP contribution is 2.36. The van der Waals surface area contributed by atoms with Crippen molar-refractivity contribution in [2.45, 2.75) is 87.0 Å². The second kappa shape index (κ2) is 13.9. The number of hydrogen-bond acceptors (Lipinski definition) is 7. The fourth-order valence-electron chi connectivity index (χ4n) is 5.70. The minimum absolute atomic E-state index is 0.0112. The summed E-state index contributed by atoms with van der Waals surface area (Å²) in [6.45, 7) is 3.32. The Morgan fingerprint density at radius 1 is 1.12 bits per heavy atom. The summed E-state index contributed by atoms with van der Waals surface area (Å²) in [6.07, 6.45) is 12.8. The summed E-state index contributed by atoms with van der Waals surface area (Å²) in [4.78, 5) is 39.0. The van der Waals surface area contributed by atoms with E-state index >= 15 is 0 Å². The molecule has 0 bridgehead atoms. The second-order valence-corrected chi connectivity index (χ2v) is 12.3. The van der Waals surface area contributed by atoms with Crippen LogP contribution in [-0.2, 0) is 14.3 Å². The van der Waals surface area contributed by atoms with Gasteiger partial charge in [0.05, 0.1) is 29.0 Å². The average molecular weight is 635 g/mol. The molecule has 224 valence electrons. The smallest absolute Gasteiger partial charge is 0.359 e. The Morgan fingerprint density at radius 2 is 1.79 bits per heavy atom. The van der Waals surface area contributed by atoms with Crippen molar-refractivity contribution >= 4 is 58.5 Å². The first-order chi connectivity index (χ1) is 20.1. The lowest BCUT2D eigenvalue weighted by Crippen LogP contribution is -2.50. The first kappa shape index (κ1) is 31.9. The number of carbonyl (C=O) groups is 2. The molecule has 1 amide bonds. The van der Waals surface area contributed by atoms with Gasteiger partial charge in [-0.25, -0.2) is 9.80 Å². The van der Waals surface area contributed by atoms with E-state index in [9.17, 15) is 24.8 Å². The third-order valence-corrected chi connectivity index (χ3v) is 9.05. The topological polar surface area (TPSA) is 128 Å². The van der Waals surface area contributed by atoms with Gasteiger partial charge in [-0.15, -0.1) is 34.8 Å². The molecule has 2 atom stereocenters. The number of amides is 1. The van der Waals surface area contributed by atoms with E-state index in [0.29, 0.717) is 18.4 Å². The van der Waals surface area contributed by atoms with Crippen molar-refractivity contribution in [3.05, 3.63) is 56.9 Å². The van der Waals surface area contributed by atoms with Crippen molar-refractivity contribution in [1.82, 2.24) is 9.58 Å². The number of aromatic nitrogens is 1. The number of pyridine rings is 1. The van der Waals surface area contributed by atoms with Crippen LogP contribution < -0.4 is 10.7 Å². The van der Waals surface area contributed by atoms with Gasteiger partial charge in [-0.05, 0) is 62.6 Å². The van der Waals surface area contributed by atoms with Crippen molar-refractivity contribution in [2.75, 3.05) is 6.61 Å². The van der Waals surface area contributed by atoms with Crippen LogP contribution in [0.1, 0.15) is 74.6 Å². The molecule has 1 aliphatic heterocycles. The SMILES string of the molecule is CCOC(=O)C1=NN(C2C(Cl)CC(Cl)CC2Cl)C(=O)\C1=C/C=C/C=C/c1c(C)c(C#N)c(=O)n(C2CCCCC2)c1[O-]. The Labute approximate surface area is 259 Å². The van der Waals surface area contributed by atoms with Crippen LogP contribution in [0.5, 0.6) is 5.88 Å². The van der Waals surface area contributed by atoms with Crippen LogP contribution in [0.2, 0.25) is 0 Å². The van der Waals surface area contributed by atoms with Gasteiger partial charge in [0.15, 0.2) is 5.71 Å². The van der Waals surface area contributed by atoms with E-state index in [4.69, 9.17) is 39.5 Å². The summed E-state index contributed by atoms with van der Waals surface area (Å²) in [6, 6.07) is 1.07. The summed E-state index contributed by atoms with van der Waals surface area (Å²) in [5.74, 6) is -1.73. The van der Waals surface area contributed by atoms with Crippen molar-refractivity contribution in [1.29, 1.82) is 5.26 Å². The maximum atomic E-state index is 13.4. The molecule has 2 saturated carbocycles. The zero-order chi connectivity index (χ0) is 30.6. The molecular weight excluding hydrogens is 603 g/mol. The van der Waals surface area contributed by atoms with Gasteiger partial charge >= 0.3 is 5.97 Å². The highest BCUT2D eigenvalue weighted by atomic mass is 35.5. The molecule has 0 aromatic carbocycles. The number of nitriles is 1. The van der Waals surface area contributed by atoms with Gasteiger partial charge in [-0.2, -0.15) is 10.4 Å². The lowest BCUT2D eigenvalue weighted by Gasteiger charge is -2.37. The van der Waals surface area contributed by atoms with E-state index in [2.05, 4.69) is 5.10 Å². The summed E-state index contributed by atoms with van der Waals surface area (Å²) < 4.78 is 6.34. The monoisotopic (exact) mass is 633 g/mol. The minimum atomic E-state index is -0.757. The van der Waals surface area contributed by atoms with Gasteiger partial charge in [0, 0.05) is 11.4 Å². The van der Waals surface area contributed by atoms with E-state index < -0.39 is 40.1 Å². The number of allylic oxidation sites excluding steroid dienone is 4. The number of halogens is 3. The molecule has 3 aliphatic rings. The van der Waals surface area contributed by atoms with Crippen molar-refractivity contribution in [3.8, 4) is 11.9 Å². The standard InChI is InChI=1S/C30H33Cl3N4O5/c1-3-42-30(41)25-21(29(40)37(35-25)26-23(32)14-18(31)15-24(26)33)13-9-5-8-12-20-17(2)22(16-34)28(39)36(27(20)38)19-10-6-4-7-11-19/h5,8-9,12-13,18-19,23-24,26,38H,3-4,6-7,10-11,14-15H2,1-2H3/p-1/b9-5+,12-8+,21-13-. The molecule has 42 heavy (non-hydrogen) atoms. The fourth-order valence-corrected chi connectivity index (χ4v) is 7.33. The number of alkyl halides is 3. The maximum Gasteiger partial charge on any atom is 0.359 e. The molecule has 0 saturated heterocycles. The maximum absolute atomic E-state index is 13.4. The van der Waals surface area contributed by atoms with Crippen LogP contribution in [0.3, 0.4) is 0 Å². The molecule has 2 fully saturated rings. The third-order valence-electron chi connectivity index (χ3n) is 7.82. The summed E-state index contributed by atoms with van der Waals surface area (Å²) in [5.41, 5.74) is -0.168. The predicted molar refractivity (Wildman–Crippen MR) is 161 cm³/mol. The molecule has 2 aliphatic carbocycles. The van der Waals surface area contributed by atoms with E-state index in [0.717, 1.165) is 37.1 Å². The zero-order valence-corrected chi connectivity index (χ0v) is 25.7. The Morgan fingerprint density at radius 3 is 2.40 bits per heavy atom. The van der Waals surface area contributed by atoms with Crippen molar-refractivity contribution in [3.63, 3.8) is 0 Å². The Bertz CT molecular complexity index is 1440. The van der Waals surface area contributed by atoms with Crippen LogP contribution in [0, 0.1) is 18.3 Å². The normalized spacial score (nSPS) is 26.3. The van der Waals surface area contributed by atoms with Gasteiger partial charge in [0.2, 0.25) is 0 Å². The van der Waals surface area contributed by atoms with Crippen molar-refractivity contribution in [2.24, 2.45) is 5.10 Å². The molecule has 1 aromatic rings. The summed E-state index contributed by atoms with van der Waals surface area (Å²) in [5, 5.41) is 27.1. The van der Waals surface area contributed by atoms with Crippen LogP contribution in [0.4, 0.5) is 0 Å².